The standard InChI is InChI=1S/C18H12N6O/c1-12-4-2-5-13(8-12)17-21-18(25-24-17)14-6-3-7-15(9-14)22-23-16(10-19)11-20/h2-9,22H,1H3. The van der Waals surface area contributed by atoms with Crippen LogP contribution in [0.15, 0.2) is 58.2 Å². The Balaban J connectivity index is 1.86. The van der Waals surface area contributed by atoms with Crippen LogP contribution >= 0.6 is 0 Å². The predicted octanol–water partition coefficient (Wildman–Crippen LogP) is 3.53. The van der Waals surface area contributed by atoms with Crippen LogP contribution in [0.3, 0.4) is 0 Å². The van der Waals surface area contributed by atoms with Crippen LogP contribution in [0.4, 0.5) is 5.69 Å². The highest BCUT2D eigenvalue weighted by molar-refractivity contribution is 6.10. The number of aromatic nitrogens is 2. The first-order valence-corrected chi connectivity index (χ1v) is 7.34. The van der Waals surface area contributed by atoms with Crippen LogP contribution in [-0.2, 0) is 0 Å². The molecule has 25 heavy (non-hydrogen) atoms. The number of anilines is 1. The fourth-order valence-electron chi connectivity index (χ4n) is 2.16. The van der Waals surface area contributed by atoms with Crippen molar-refractivity contribution < 1.29 is 4.52 Å². The number of hydrogen-bond donors (Lipinski definition) is 1. The van der Waals surface area contributed by atoms with Gasteiger partial charge in [-0.1, -0.05) is 35.0 Å². The van der Waals surface area contributed by atoms with Crippen molar-refractivity contribution in [1.82, 2.24) is 10.1 Å². The van der Waals surface area contributed by atoms with Crippen LogP contribution in [0, 0.1) is 29.6 Å². The molecule has 0 fully saturated rings. The summed E-state index contributed by atoms with van der Waals surface area (Å²) in [5.74, 6) is 0.872. The van der Waals surface area contributed by atoms with Gasteiger partial charge in [-0.15, -0.1) is 0 Å². The van der Waals surface area contributed by atoms with E-state index >= 15 is 0 Å². The molecule has 7 heteroatoms. The molecule has 0 spiro atoms. The number of hydrogen-bond acceptors (Lipinski definition) is 7. The average Bonchev–Trinajstić information content (AvgIpc) is 3.13. The Morgan fingerprint density at radius 1 is 1.08 bits per heavy atom. The third-order valence-electron chi connectivity index (χ3n) is 3.32. The Morgan fingerprint density at radius 3 is 2.60 bits per heavy atom. The van der Waals surface area contributed by atoms with Gasteiger partial charge in [-0.05, 0) is 31.2 Å². The lowest BCUT2D eigenvalue weighted by molar-refractivity contribution is 0.432. The monoisotopic (exact) mass is 328 g/mol. The topological polar surface area (TPSA) is 111 Å². The molecule has 7 nitrogen and oxygen atoms in total. The van der Waals surface area contributed by atoms with E-state index in [1.807, 2.05) is 37.3 Å². The van der Waals surface area contributed by atoms with E-state index in [4.69, 9.17) is 15.0 Å². The van der Waals surface area contributed by atoms with E-state index in [9.17, 15) is 0 Å². The molecule has 0 saturated heterocycles. The van der Waals surface area contributed by atoms with Crippen molar-refractivity contribution in [2.24, 2.45) is 5.10 Å². The fourth-order valence-corrected chi connectivity index (χ4v) is 2.16. The lowest BCUT2D eigenvalue weighted by Crippen LogP contribution is -1.96. The fraction of sp³-hybridized carbons (Fsp3) is 0.0556. The van der Waals surface area contributed by atoms with Crippen molar-refractivity contribution in [3.63, 3.8) is 0 Å². The number of nitrogens with one attached hydrogen (secondary N) is 1. The Labute approximate surface area is 143 Å². The van der Waals surface area contributed by atoms with Crippen LogP contribution < -0.4 is 5.43 Å². The number of nitriles is 2. The number of rotatable bonds is 4. The van der Waals surface area contributed by atoms with Gasteiger partial charge in [-0.25, -0.2) is 0 Å². The molecule has 0 saturated carbocycles. The van der Waals surface area contributed by atoms with Gasteiger partial charge in [0.05, 0.1) is 5.69 Å². The molecule has 120 valence electrons. The maximum absolute atomic E-state index is 8.69. The molecule has 3 aromatic rings. The van der Waals surface area contributed by atoms with Gasteiger partial charge < -0.3 is 4.52 Å². The summed E-state index contributed by atoms with van der Waals surface area (Å²) in [5, 5.41) is 25.1. The maximum Gasteiger partial charge on any atom is 0.258 e. The lowest BCUT2D eigenvalue weighted by atomic mass is 10.1. The van der Waals surface area contributed by atoms with Gasteiger partial charge in [0.15, 0.2) is 0 Å². The summed E-state index contributed by atoms with van der Waals surface area (Å²) < 4.78 is 5.34. The van der Waals surface area contributed by atoms with Crippen molar-refractivity contribution in [3.05, 3.63) is 54.1 Å². The summed E-state index contributed by atoms with van der Waals surface area (Å²) in [6, 6.07) is 18.3. The zero-order valence-electron chi connectivity index (χ0n) is 13.3. The molecule has 0 aliphatic heterocycles. The van der Waals surface area contributed by atoms with Crippen molar-refractivity contribution in [2.75, 3.05) is 5.43 Å². The molecule has 0 bridgehead atoms. The quantitative estimate of drug-likeness (QED) is 0.579. The number of benzene rings is 2. The van der Waals surface area contributed by atoms with E-state index in [-0.39, 0.29) is 5.71 Å². The van der Waals surface area contributed by atoms with Crippen LogP contribution in [0.1, 0.15) is 5.56 Å². The molecule has 0 amide bonds. The SMILES string of the molecule is Cc1cccc(-c2noc(-c3cccc(NN=C(C#N)C#N)c3)n2)c1. The van der Waals surface area contributed by atoms with Crippen molar-refractivity contribution >= 4 is 11.4 Å². The van der Waals surface area contributed by atoms with Gasteiger partial charge in [0.1, 0.15) is 12.1 Å². The molecule has 1 heterocycles. The van der Waals surface area contributed by atoms with Gasteiger partial charge in [-0.2, -0.15) is 20.6 Å². The van der Waals surface area contributed by atoms with E-state index in [2.05, 4.69) is 20.7 Å². The zero-order chi connectivity index (χ0) is 17.6. The molecule has 0 unspecified atom stereocenters. The Bertz CT molecular complexity index is 1010. The second-order valence-corrected chi connectivity index (χ2v) is 5.17. The molecule has 0 atom stereocenters. The Morgan fingerprint density at radius 2 is 1.84 bits per heavy atom. The van der Waals surface area contributed by atoms with Crippen LogP contribution in [0.2, 0.25) is 0 Å². The summed E-state index contributed by atoms with van der Waals surface area (Å²) >= 11 is 0. The number of hydrazone groups is 1. The smallest absolute Gasteiger partial charge is 0.258 e. The summed E-state index contributed by atoms with van der Waals surface area (Å²) in [7, 11) is 0. The van der Waals surface area contributed by atoms with Crippen LogP contribution in [-0.4, -0.2) is 15.9 Å². The molecule has 0 radical (unpaired) electrons. The third kappa shape index (κ3) is 3.69. The zero-order valence-corrected chi connectivity index (χ0v) is 13.3. The van der Waals surface area contributed by atoms with Gasteiger partial charge in [-0.3, -0.25) is 5.43 Å². The average molecular weight is 328 g/mol. The van der Waals surface area contributed by atoms with Crippen LogP contribution in [0.25, 0.3) is 22.8 Å². The molecule has 2 aromatic carbocycles. The summed E-state index contributed by atoms with van der Waals surface area (Å²) in [5.41, 5.74) is 5.67. The Hall–Kier alpha value is -3.97. The van der Waals surface area contributed by atoms with E-state index in [0.717, 1.165) is 11.1 Å². The molecule has 1 aromatic heterocycles. The largest absolute Gasteiger partial charge is 0.334 e. The van der Waals surface area contributed by atoms with E-state index in [0.29, 0.717) is 23.0 Å². The van der Waals surface area contributed by atoms with Gasteiger partial charge >= 0.3 is 0 Å². The first kappa shape index (κ1) is 15.9. The summed E-state index contributed by atoms with van der Waals surface area (Å²) in [6.45, 7) is 2.00. The highest BCUT2D eigenvalue weighted by Crippen LogP contribution is 2.24. The molecular weight excluding hydrogens is 316 g/mol. The highest BCUT2D eigenvalue weighted by atomic mass is 16.5. The first-order chi connectivity index (χ1) is 12.2. The minimum absolute atomic E-state index is 0.259. The summed E-state index contributed by atoms with van der Waals surface area (Å²) in [6.07, 6.45) is 0. The predicted molar refractivity (Wildman–Crippen MR) is 92.2 cm³/mol. The van der Waals surface area contributed by atoms with Crippen molar-refractivity contribution in [3.8, 4) is 35.0 Å². The molecule has 0 aliphatic rings. The first-order valence-electron chi connectivity index (χ1n) is 7.34. The van der Waals surface area contributed by atoms with Crippen LogP contribution in [0.5, 0.6) is 0 Å². The number of nitrogens with zero attached hydrogens (tertiary/aromatic N) is 5. The Kier molecular flexibility index (Phi) is 4.50. The molecule has 0 aliphatic carbocycles. The minimum atomic E-state index is -0.259. The van der Waals surface area contributed by atoms with E-state index in [1.165, 1.54) is 0 Å². The van der Waals surface area contributed by atoms with Gasteiger partial charge in [0.25, 0.3) is 5.89 Å². The van der Waals surface area contributed by atoms with Crippen molar-refractivity contribution in [1.29, 1.82) is 10.5 Å². The normalized spacial score (nSPS) is 9.72. The third-order valence-corrected chi connectivity index (χ3v) is 3.32. The molecule has 3 rings (SSSR count). The van der Waals surface area contributed by atoms with Gasteiger partial charge in [0, 0.05) is 11.1 Å². The second-order valence-electron chi connectivity index (χ2n) is 5.17. The number of aryl methyl sites for hydroxylation is 1. The molecular formula is C18H12N6O. The minimum Gasteiger partial charge on any atom is -0.334 e. The lowest BCUT2D eigenvalue weighted by Gasteiger charge is -2.01. The second kappa shape index (κ2) is 7.07. The molecule has 1 N–H and O–H groups in total. The maximum atomic E-state index is 8.69. The van der Waals surface area contributed by atoms with Gasteiger partial charge in [0.2, 0.25) is 11.5 Å². The van der Waals surface area contributed by atoms with E-state index < -0.39 is 0 Å². The highest BCUT2D eigenvalue weighted by Gasteiger charge is 2.11. The van der Waals surface area contributed by atoms with Crippen molar-refractivity contribution in [2.45, 2.75) is 6.92 Å². The summed E-state index contributed by atoms with van der Waals surface area (Å²) in [4.78, 5) is 4.41. The van der Waals surface area contributed by atoms with E-state index in [1.54, 1.807) is 30.3 Å².